The summed E-state index contributed by atoms with van der Waals surface area (Å²) in [5, 5.41) is 24.5. The summed E-state index contributed by atoms with van der Waals surface area (Å²) in [6.45, 7) is 4.85. The number of aryl methyl sites for hydroxylation is 1. The molecule has 1 fully saturated rings. The maximum absolute atomic E-state index is 11.7. The maximum Gasteiger partial charge on any atom is 0.337 e. The van der Waals surface area contributed by atoms with E-state index in [9.17, 15) is 15.2 Å². The van der Waals surface area contributed by atoms with Crippen LogP contribution in [-0.4, -0.2) is 41.4 Å². The van der Waals surface area contributed by atoms with Crippen LogP contribution in [0.3, 0.4) is 0 Å². The first kappa shape index (κ1) is 23.9. The zero-order chi connectivity index (χ0) is 25.4. The van der Waals surface area contributed by atoms with Gasteiger partial charge in [0.15, 0.2) is 5.60 Å². The number of benzene rings is 2. The van der Waals surface area contributed by atoms with Crippen molar-refractivity contribution in [2.45, 2.75) is 25.5 Å². The summed E-state index contributed by atoms with van der Waals surface area (Å²) >= 11 is 1.47. The first-order valence-corrected chi connectivity index (χ1v) is 12.2. The van der Waals surface area contributed by atoms with E-state index >= 15 is 0 Å². The standard InChI is InChI=1S/C27H24N4O4S/c1-15-8-18(16(2)30-21-7-5-4-6-17(21)25(32)33)19-10-20(23(11-28)31-22(19)9-15)24-12-29-26(36-24)27(34-3)13-35-14-27/h4-10,12,16,30H,13-14H2,1-3H3,(H,32,33). The molecule has 0 amide bonds. The van der Waals surface area contributed by atoms with Crippen molar-refractivity contribution in [1.82, 2.24) is 9.97 Å². The highest BCUT2D eigenvalue weighted by atomic mass is 32.1. The van der Waals surface area contributed by atoms with E-state index in [0.29, 0.717) is 35.7 Å². The molecule has 5 rings (SSSR count). The van der Waals surface area contributed by atoms with Gasteiger partial charge in [-0.15, -0.1) is 11.3 Å². The van der Waals surface area contributed by atoms with Crippen LogP contribution in [0.4, 0.5) is 5.69 Å². The number of carboxylic acids is 1. The molecule has 2 N–H and O–H groups in total. The SMILES string of the molecule is COC1(c2ncc(-c3cc4c(C(C)Nc5ccccc5C(=O)O)cc(C)cc4nc3C#N)s2)COC1. The van der Waals surface area contributed by atoms with Crippen molar-refractivity contribution in [2.24, 2.45) is 0 Å². The largest absolute Gasteiger partial charge is 0.478 e. The van der Waals surface area contributed by atoms with Gasteiger partial charge in [0.2, 0.25) is 0 Å². The number of pyridine rings is 1. The molecule has 2 aromatic heterocycles. The Morgan fingerprint density at radius 3 is 2.75 bits per heavy atom. The van der Waals surface area contributed by atoms with Gasteiger partial charge in [-0.2, -0.15) is 5.26 Å². The molecule has 0 spiro atoms. The number of fused-ring (bicyclic) bond motifs is 1. The molecule has 8 nitrogen and oxygen atoms in total. The monoisotopic (exact) mass is 500 g/mol. The van der Waals surface area contributed by atoms with Crippen molar-refractivity contribution in [3.8, 4) is 16.5 Å². The molecule has 36 heavy (non-hydrogen) atoms. The van der Waals surface area contributed by atoms with Crippen LogP contribution in [0, 0.1) is 18.3 Å². The Labute approximate surface area is 212 Å². The molecule has 0 saturated carbocycles. The Kier molecular flexibility index (Phi) is 6.18. The van der Waals surface area contributed by atoms with Crippen LogP contribution < -0.4 is 5.32 Å². The van der Waals surface area contributed by atoms with Crippen LogP contribution in [0.25, 0.3) is 21.3 Å². The molecule has 1 aliphatic heterocycles. The van der Waals surface area contributed by atoms with E-state index in [0.717, 1.165) is 26.4 Å². The van der Waals surface area contributed by atoms with Gasteiger partial charge < -0.3 is 19.9 Å². The molecule has 4 aromatic rings. The number of methoxy groups -OCH3 is 1. The highest BCUT2D eigenvalue weighted by Crippen LogP contribution is 2.40. The number of nitrogens with one attached hydrogen (secondary N) is 1. The van der Waals surface area contributed by atoms with Crippen molar-refractivity contribution < 1.29 is 19.4 Å². The van der Waals surface area contributed by atoms with Crippen LogP contribution >= 0.6 is 11.3 Å². The second-order valence-electron chi connectivity index (χ2n) is 8.85. The van der Waals surface area contributed by atoms with E-state index in [1.165, 1.54) is 11.3 Å². The van der Waals surface area contributed by atoms with Crippen LogP contribution in [0.1, 0.15) is 45.2 Å². The summed E-state index contributed by atoms with van der Waals surface area (Å²) < 4.78 is 11.0. The second kappa shape index (κ2) is 9.32. The maximum atomic E-state index is 11.7. The summed E-state index contributed by atoms with van der Waals surface area (Å²) in [4.78, 5) is 21.8. The third-order valence-corrected chi connectivity index (χ3v) is 7.65. The van der Waals surface area contributed by atoms with Crippen molar-refractivity contribution in [3.05, 3.63) is 76.1 Å². The lowest BCUT2D eigenvalue weighted by molar-refractivity contribution is -0.202. The minimum Gasteiger partial charge on any atom is -0.478 e. The molecule has 0 radical (unpaired) electrons. The fourth-order valence-corrected chi connectivity index (χ4v) is 5.48. The van der Waals surface area contributed by atoms with E-state index in [1.807, 2.05) is 26.0 Å². The number of aromatic nitrogens is 2. The van der Waals surface area contributed by atoms with E-state index in [1.54, 1.807) is 37.6 Å². The molecule has 9 heteroatoms. The smallest absolute Gasteiger partial charge is 0.337 e. The minimum atomic E-state index is -0.992. The number of carboxylic acid groups (broad SMARTS) is 1. The summed E-state index contributed by atoms with van der Waals surface area (Å²) in [6, 6.07) is 14.8. The van der Waals surface area contributed by atoms with Crippen molar-refractivity contribution in [3.63, 3.8) is 0 Å². The van der Waals surface area contributed by atoms with E-state index in [2.05, 4.69) is 22.4 Å². The third kappa shape index (κ3) is 4.09. The Balaban J connectivity index is 1.60. The molecule has 1 atom stereocenters. The van der Waals surface area contributed by atoms with E-state index in [-0.39, 0.29) is 11.6 Å². The topological polar surface area (TPSA) is 117 Å². The molecular weight excluding hydrogens is 476 g/mol. The number of thiazole rings is 1. The van der Waals surface area contributed by atoms with E-state index < -0.39 is 11.6 Å². The molecular formula is C27H24N4O4S. The lowest BCUT2D eigenvalue weighted by Gasteiger charge is -2.38. The minimum absolute atomic E-state index is 0.205. The zero-order valence-electron chi connectivity index (χ0n) is 20.0. The highest BCUT2D eigenvalue weighted by Gasteiger charge is 2.43. The number of aromatic carboxylic acids is 1. The van der Waals surface area contributed by atoms with E-state index in [4.69, 9.17) is 14.5 Å². The second-order valence-corrected chi connectivity index (χ2v) is 9.89. The van der Waals surface area contributed by atoms with Gasteiger partial charge >= 0.3 is 5.97 Å². The fourth-order valence-electron chi connectivity index (χ4n) is 4.41. The molecule has 1 unspecified atom stereocenters. The average Bonchev–Trinajstić information content (AvgIpc) is 3.32. The number of hydrogen-bond acceptors (Lipinski definition) is 8. The summed E-state index contributed by atoms with van der Waals surface area (Å²) in [5.74, 6) is -0.992. The highest BCUT2D eigenvalue weighted by molar-refractivity contribution is 7.15. The third-order valence-electron chi connectivity index (χ3n) is 6.43. The lowest BCUT2D eigenvalue weighted by Crippen LogP contribution is -2.48. The summed E-state index contributed by atoms with van der Waals surface area (Å²) in [6.07, 6.45) is 1.75. The summed E-state index contributed by atoms with van der Waals surface area (Å²) in [7, 11) is 1.65. The van der Waals surface area contributed by atoms with Gasteiger partial charge in [0, 0.05) is 36.0 Å². The number of carbonyl (C=O) groups is 1. The average molecular weight is 501 g/mol. The first-order valence-electron chi connectivity index (χ1n) is 11.4. The molecule has 1 aliphatic rings. The Morgan fingerprint density at radius 2 is 2.08 bits per heavy atom. The van der Waals surface area contributed by atoms with Crippen molar-refractivity contribution in [2.75, 3.05) is 25.6 Å². The van der Waals surface area contributed by atoms with Gasteiger partial charge in [0.05, 0.1) is 29.2 Å². The number of hydrogen-bond donors (Lipinski definition) is 2. The van der Waals surface area contributed by atoms with Gasteiger partial charge in [-0.05, 0) is 49.2 Å². The first-order chi connectivity index (χ1) is 17.3. The molecule has 0 aliphatic carbocycles. The van der Waals surface area contributed by atoms with Crippen LogP contribution in [0.15, 0.2) is 48.7 Å². The summed E-state index contributed by atoms with van der Waals surface area (Å²) in [5.41, 5.74) is 3.87. The quantitative estimate of drug-likeness (QED) is 0.352. The van der Waals surface area contributed by atoms with Gasteiger partial charge in [0.1, 0.15) is 16.8 Å². The van der Waals surface area contributed by atoms with Gasteiger partial charge in [-0.1, -0.05) is 18.2 Å². The Hall–Kier alpha value is -3.84. The Morgan fingerprint density at radius 1 is 1.31 bits per heavy atom. The van der Waals surface area contributed by atoms with Crippen LogP contribution in [0.2, 0.25) is 0 Å². The number of para-hydroxylation sites is 1. The number of nitrogens with zero attached hydrogens (tertiary/aromatic N) is 3. The molecule has 0 bridgehead atoms. The van der Waals surface area contributed by atoms with Crippen LogP contribution in [-0.2, 0) is 15.1 Å². The van der Waals surface area contributed by atoms with Crippen molar-refractivity contribution in [1.29, 1.82) is 5.26 Å². The number of nitriles is 1. The normalized spacial score (nSPS) is 15.2. The molecule has 182 valence electrons. The predicted molar refractivity (Wildman–Crippen MR) is 137 cm³/mol. The Bertz CT molecular complexity index is 1510. The van der Waals surface area contributed by atoms with Crippen molar-refractivity contribution >= 4 is 33.9 Å². The number of ether oxygens (including phenoxy) is 2. The van der Waals surface area contributed by atoms with Crippen LogP contribution in [0.5, 0.6) is 0 Å². The van der Waals surface area contributed by atoms with Gasteiger partial charge in [0.25, 0.3) is 0 Å². The van der Waals surface area contributed by atoms with Gasteiger partial charge in [-0.25, -0.2) is 14.8 Å². The molecule has 3 heterocycles. The fraction of sp³-hybridized carbons (Fsp3) is 0.259. The lowest BCUT2D eigenvalue weighted by atomic mass is 9.97. The number of anilines is 1. The van der Waals surface area contributed by atoms with Gasteiger partial charge in [-0.3, -0.25) is 0 Å². The number of rotatable bonds is 7. The molecule has 2 aromatic carbocycles. The zero-order valence-corrected chi connectivity index (χ0v) is 20.8. The predicted octanol–water partition coefficient (Wildman–Crippen LogP) is 5.28. The molecule has 1 saturated heterocycles.